The van der Waals surface area contributed by atoms with Crippen LogP contribution in [0.25, 0.3) is 11.3 Å². The zero-order valence-electron chi connectivity index (χ0n) is 22.2. The number of alkyl halides is 2. The van der Waals surface area contributed by atoms with Gasteiger partial charge in [-0.3, -0.25) is 19.3 Å². The summed E-state index contributed by atoms with van der Waals surface area (Å²) in [6.45, 7) is 2.98. The Labute approximate surface area is 243 Å². The van der Waals surface area contributed by atoms with Crippen molar-refractivity contribution in [2.24, 2.45) is 11.8 Å². The van der Waals surface area contributed by atoms with Gasteiger partial charge in [-0.2, -0.15) is 5.10 Å². The second-order valence-electron chi connectivity index (χ2n) is 10.3. The Morgan fingerprint density at radius 2 is 1.93 bits per heavy atom. The van der Waals surface area contributed by atoms with Gasteiger partial charge in [-0.1, -0.05) is 24.6 Å². The Hall–Kier alpha value is -4.39. The molecule has 2 fully saturated rings. The van der Waals surface area contributed by atoms with E-state index in [2.05, 4.69) is 30.4 Å². The van der Waals surface area contributed by atoms with Crippen LogP contribution in [0, 0.1) is 17.7 Å². The Morgan fingerprint density at radius 1 is 1.14 bits per heavy atom. The Balaban J connectivity index is 1.13. The van der Waals surface area contributed by atoms with Crippen LogP contribution in [0.2, 0.25) is 5.02 Å². The SMILES string of the molecule is CCC(=O)C1C2CC2CN1c1ncc(Cn2cc(NC(=O)c3cncc(-c4c(C(F)F)ccc(Cl)c4F)n3)cn2)cn1. The molecule has 0 spiro atoms. The summed E-state index contributed by atoms with van der Waals surface area (Å²) in [5.74, 6) is -0.0877. The molecular formula is C28H24ClF3N8O2. The predicted molar refractivity (Wildman–Crippen MR) is 147 cm³/mol. The number of nitrogens with one attached hydrogen (secondary N) is 1. The van der Waals surface area contributed by atoms with Gasteiger partial charge in [0.05, 0.1) is 47.6 Å². The van der Waals surface area contributed by atoms with E-state index < -0.39 is 29.3 Å². The molecule has 3 unspecified atom stereocenters. The number of piperidine rings is 1. The van der Waals surface area contributed by atoms with Gasteiger partial charge in [0.2, 0.25) is 5.95 Å². The van der Waals surface area contributed by atoms with Crippen LogP contribution in [0.3, 0.4) is 0 Å². The largest absolute Gasteiger partial charge is 0.330 e. The molecular weight excluding hydrogens is 573 g/mol. The molecule has 4 heterocycles. The van der Waals surface area contributed by atoms with Crippen LogP contribution in [-0.4, -0.2) is 54.0 Å². The highest BCUT2D eigenvalue weighted by Crippen LogP contribution is 2.50. The fourth-order valence-corrected chi connectivity index (χ4v) is 5.53. The van der Waals surface area contributed by atoms with Crippen molar-refractivity contribution in [1.29, 1.82) is 0 Å². The van der Waals surface area contributed by atoms with Crippen LogP contribution < -0.4 is 10.2 Å². The van der Waals surface area contributed by atoms with Crippen molar-refractivity contribution in [1.82, 2.24) is 29.7 Å². The first-order valence-corrected chi connectivity index (χ1v) is 13.6. The average Bonchev–Trinajstić information content (AvgIpc) is 3.43. The number of fused-ring (bicyclic) bond motifs is 1. The van der Waals surface area contributed by atoms with Crippen molar-refractivity contribution in [3.05, 3.63) is 77.0 Å². The zero-order valence-corrected chi connectivity index (χ0v) is 23.0. The first-order valence-electron chi connectivity index (χ1n) is 13.3. The number of anilines is 2. The van der Waals surface area contributed by atoms with Crippen molar-refractivity contribution in [2.75, 3.05) is 16.8 Å². The lowest BCUT2D eigenvalue weighted by atomic mass is 10.0. The van der Waals surface area contributed by atoms with E-state index >= 15 is 0 Å². The van der Waals surface area contributed by atoms with Crippen molar-refractivity contribution >= 4 is 34.9 Å². The highest BCUT2D eigenvalue weighted by molar-refractivity contribution is 6.31. The first kappa shape index (κ1) is 27.8. The number of nitrogens with zero attached hydrogens (tertiary/aromatic N) is 7. The molecule has 1 aromatic carbocycles. The number of hydrogen-bond acceptors (Lipinski definition) is 8. The summed E-state index contributed by atoms with van der Waals surface area (Å²) < 4.78 is 43.3. The maximum absolute atomic E-state index is 14.7. The van der Waals surface area contributed by atoms with Gasteiger partial charge >= 0.3 is 0 Å². The Kier molecular flexibility index (Phi) is 7.35. The second-order valence-corrected chi connectivity index (χ2v) is 10.7. The lowest BCUT2D eigenvalue weighted by Crippen LogP contribution is -2.40. The van der Waals surface area contributed by atoms with E-state index in [4.69, 9.17) is 11.6 Å². The van der Waals surface area contributed by atoms with Gasteiger partial charge in [-0.05, 0) is 24.3 Å². The van der Waals surface area contributed by atoms with Gasteiger partial charge in [-0.25, -0.2) is 28.1 Å². The molecule has 4 aromatic rings. The van der Waals surface area contributed by atoms with Crippen molar-refractivity contribution in [3.63, 3.8) is 0 Å². The number of hydrogen-bond donors (Lipinski definition) is 1. The predicted octanol–water partition coefficient (Wildman–Crippen LogP) is 4.96. The molecule has 1 aliphatic carbocycles. The molecule has 3 atom stereocenters. The molecule has 1 saturated carbocycles. The molecule has 2 aliphatic rings. The third kappa shape index (κ3) is 5.31. The lowest BCUT2D eigenvalue weighted by molar-refractivity contribution is -0.120. The maximum Gasteiger partial charge on any atom is 0.275 e. The topological polar surface area (TPSA) is 119 Å². The number of amides is 1. The molecule has 216 valence electrons. The average molecular weight is 597 g/mol. The maximum atomic E-state index is 14.7. The summed E-state index contributed by atoms with van der Waals surface area (Å²) in [7, 11) is 0. The smallest absolute Gasteiger partial charge is 0.275 e. The molecule has 1 amide bonds. The van der Waals surface area contributed by atoms with Crippen LogP contribution in [-0.2, 0) is 11.3 Å². The van der Waals surface area contributed by atoms with Gasteiger partial charge in [0.15, 0.2) is 11.6 Å². The summed E-state index contributed by atoms with van der Waals surface area (Å²) in [6, 6.07) is 1.89. The molecule has 14 heteroatoms. The number of halogens is 4. The van der Waals surface area contributed by atoms with E-state index in [1.807, 2.05) is 11.8 Å². The highest BCUT2D eigenvalue weighted by atomic mass is 35.5. The van der Waals surface area contributed by atoms with Gasteiger partial charge in [0, 0.05) is 48.2 Å². The Morgan fingerprint density at radius 3 is 2.67 bits per heavy atom. The van der Waals surface area contributed by atoms with Crippen molar-refractivity contribution < 1.29 is 22.8 Å². The van der Waals surface area contributed by atoms with Crippen LogP contribution >= 0.6 is 11.6 Å². The summed E-state index contributed by atoms with van der Waals surface area (Å²) in [5, 5.41) is 6.51. The van der Waals surface area contributed by atoms with Crippen molar-refractivity contribution in [3.8, 4) is 11.3 Å². The van der Waals surface area contributed by atoms with Crippen molar-refractivity contribution in [2.45, 2.75) is 38.8 Å². The van der Waals surface area contributed by atoms with E-state index in [9.17, 15) is 22.8 Å². The Bertz CT molecular complexity index is 1670. The minimum absolute atomic E-state index is 0.149. The molecule has 1 N–H and O–H groups in total. The molecule has 0 bridgehead atoms. The van der Waals surface area contributed by atoms with Crippen LogP contribution in [0.1, 0.15) is 47.8 Å². The standard InChI is InChI=1S/C28H24ClF3N8O2/c1-2-22(41)25-18-5-15(18)12-40(25)28-34-6-14(7-35-28)11-39-13-16(8-36-39)37-27(42)21-10-33-9-20(38-21)23-17(26(31)32)3-4-19(29)24(23)30/h3-4,6-10,13,15,18,25-26H,2,5,11-12H2,1H3,(H,37,42). The minimum atomic E-state index is -2.99. The number of carbonyl (C=O) groups excluding carboxylic acids is 2. The monoisotopic (exact) mass is 596 g/mol. The van der Waals surface area contributed by atoms with E-state index in [0.717, 1.165) is 43.1 Å². The number of aromatic nitrogens is 6. The second kappa shape index (κ2) is 11.1. The third-order valence-corrected chi connectivity index (χ3v) is 7.79. The zero-order chi connectivity index (χ0) is 29.5. The van der Waals surface area contributed by atoms with Gasteiger partial charge in [0.1, 0.15) is 5.69 Å². The van der Waals surface area contributed by atoms with Crippen LogP contribution in [0.4, 0.5) is 24.8 Å². The quantitative estimate of drug-likeness (QED) is 0.288. The van der Waals surface area contributed by atoms with E-state index in [0.29, 0.717) is 36.4 Å². The van der Waals surface area contributed by atoms with Crippen LogP contribution in [0.15, 0.2) is 49.3 Å². The fourth-order valence-electron chi connectivity index (χ4n) is 5.37. The van der Waals surface area contributed by atoms with E-state index in [-0.39, 0.29) is 28.2 Å². The normalized spacial score (nSPS) is 19.2. The van der Waals surface area contributed by atoms with Crippen LogP contribution in [0.5, 0.6) is 0 Å². The summed E-state index contributed by atoms with van der Waals surface area (Å²) in [5.41, 5.74) is -0.511. The summed E-state index contributed by atoms with van der Waals surface area (Å²) in [6.07, 6.45) is 7.16. The summed E-state index contributed by atoms with van der Waals surface area (Å²) in [4.78, 5) is 44.2. The molecule has 10 nitrogen and oxygen atoms in total. The number of Topliss-reactive ketones (excluding diaryl/α,β-unsaturated/α-hetero) is 1. The van der Waals surface area contributed by atoms with Gasteiger partial charge < -0.3 is 10.2 Å². The molecule has 0 radical (unpaired) electrons. The molecule has 42 heavy (non-hydrogen) atoms. The number of carbonyl (C=O) groups is 2. The van der Waals surface area contributed by atoms with Gasteiger partial charge in [-0.15, -0.1) is 0 Å². The molecule has 3 aromatic heterocycles. The fraction of sp³-hybridized carbons (Fsp3) is 0.321. The van der Waals surface area contributed by atoms with E-state index in [1.165, 1.54) is 6.20 Å². The van der Waals surface area contributed by atoms with E-state index in [1.54, 1.807) is 23.3 Å². The van der Waals surface area contributed by atoms with Gasteiger partial charge in [0.25, 0.3) is 12.3 Å². The highest BCUT2D eigenvalue weighted by Gasteiger charge is 2.55. The molecule has 6 rings (SSSR count). The first-order chi connectivity index (χ1) is 20.2. The number of ketones is 1. The minimum Gasteiger partial charge on any atom is -0.330 e. The molecule has 1 saturated heterocycles. The number of benzene rings is 1. The summed E-state index contributed by atoms with van der Waals surface area (Å²) >= 11 is 5.80. The lowest BCUT2D eigenvalue weighted by Gasteiger charge is -2.26. The number of rotatable bonds is 9. The third-order valence-electron chi connectivity index (χ3n) is 7.50. The molecule has 1 aliphatic heterocycles.